The second-order valence-electron chi connectivity index (χ2n) is 5.94. The zero-order valence-electron chi connectivity index (χ0n) is 14.9. The molecule has 0 saturated heterocycles. The lowest BCUT2D eigenvalue weighted by Crippen LogP contribution is -2.22. The van der Waals surface area contributed by atoms with Crippen molar-refractivity contribution in [1.82, 2.24) is 0 Å². The Kier molecular flexibility index (Phi) is 5.96. The topological polar surface area (TPSA) is 72.5 Å². The first kappa shape index (κ1) is 19.4. The van der Waals surface area contributed by atoms with Crippen LogP contribution in [-0.2, 0) is 9.53 Å². The summed E-state index contributed by atoms with van der Waals surface area (Å²) in [5.74, 6) is -2.17. The van der Waals surface area contributed by atoms with Crippen LogP contribution in [0.25, 0.3) is 0 Å². The van der Waals surface area contributed by atoms with Gasteiger partial charge in [-0.05, 0) is 42.1 Å². The molecule has 1 N–H and O–H groups in total. The Morgan fingerprint density at radius 2 is 1.79 bits per heavy atom. The van der Waals surface area contributed by atoms with Crippen molar-refractivity contribution in [3.63, 3.8) is 0 Å². The summed E-state index contributed by atoms with van der Waals surface area (Å²) < 4.78 is 18.3. The number of nitrogens with one attached hydrogen (secondary N) is 1. The number of halogens is 1. The van der Waals surface area contributed by atoms with Gasteiger partial charge in [-0.3, -0.25) is 9.59 Å². The van der Waals surface area contributed by atoms with E-state index in [1.807, 2.05) is 0 Å². The van der Waals surface area contributed by atoms with Gasteiger partial charge in [0.25, 0.3) is 5.91 Å². The number of anilines is 1. The number of rotatable bonds is 6. The van der Waals surface area contributed by atoms with Gasteiger partial charge in [0.2, 0.25) is 5.78 Å². The first-order valence-electron chi connectivity index (χ1n) is 8.36. The van der Waals surface area contributed by atoms with Crippen molar-refractivity contribution in [3.05, 3.63) is 87.4 Å². The van der Waals surface area contributed by atoms with Crippen molar-refractivity contribution in [1.29, 1.82) is 0 Å². The first-order chi connectivity index (χ1) is 13.5. The molecule has 0 aliphatic rings. The molecule has 0 spiro atoms. The van der Waals surface area contributed by atoms with Crippen LogP contribution in [0.15, 0.2) is 60.0 Å². The Balaban J connectivity index is 1.68. The number of hydrogen-bond acceptors (Lipinski definition) is 5. The molecule has 0 aliphatic carbocycles. The molecule has 5 nitrogen and oxygen atoms in total. The third-order valence-electron chi connectivity index (χ3n) is 3.94. The van der Waals surface area contributed by atoms with E-state index in [1.165, 1.54) is 41.7 Å². The lowest BCUT2D eigenvalue weighted by atomic mass is 10.0. The highest BCUT2D eigenvalue weighted by Gasteiger charge is 2.20. The molecular weight excluding hydrogens is 381 g/mol. The number of benzene rings is 2. The molecule has 7 heteroatoms. The molecule has 142 valence electrons. The fourth-order valence-corrected chi connectivity index (χ4v) is 3.20. The van der Waals surface area contributed by atoms with Crippen LogP contribution in [-0.4, -0.2) is 24.3 Å². The summed E-state index contributed by atoms with van der Waals surface area (Å²) in [5, 5.41) is 4.27. The van der Waals surface area contributed by atoms with Gasteiger partial charge in [0.1, 0.15) is 5.82 Å². The van der Waals surface area contributed by atoms with Gasteiger partial charge >= 0.3 is 5.97 Å². The predicted molar refractivity (Wildman–Crippen MR) is 104 cm³/mol. The van der Waals surface area contributed by atoms with Gasteiger partial charge in [0, 0.05) is 11.3 Å². The number of thiophene rings is 1. The van der Waals surface area contributed by atoms with Gasteiger partial charge in [-0.1, -0.05) is 30.3 Å². The molecule has 3 rings (SSSR count). The van der Waals surface area contributed by atoms with E-state index in [1.54, 1.807) is 36.6 Å². The molecular formula is C21H16FNO4S. The molecule has 0 atom stereocenters. The molecule has 1 aromatic heterocycles. The maximum Gasteiger partial charge on any atom is 0.339 e. The van der Waals surface area contributed by atoms with E-state index in [-0.39, 0.29) is 16.9 Å². The van der Waals surface area contributed by atoms with Crippen LogP contribution >= 0.6 is 11.3 Å². The minimum absolute atomic E-state index is 0.0793. The van der Waals surface area contributed by atoms with Crippen molar-refractivity contribution < 1.29 is 23.5 Å². The van der Waals surface area contributed by atoms with Crippen LogP contribution in [0, 0.1) is 12.7 Å². The fourth-order valence-electron chi connectivity index (χ4n) is 2.52. The summed E-state index contributed by atoms with van der Waals surface area (Å²) in [4.78, 5) is 37.5. The number of esters is 1. The molecule has 0 unspecified atom stereocenters. The van der Waals surface area contributed by atoms with Gasteiger partial charge in [-0.2, -0.15) is 0 Å². The molecule has 0 saturated carbocycles. The van der Waals surface area contributed by atoms with Crippen LogP contribution in [0.4, 0.5) is 10.1 Å². The van der Waals surface area contributed by atoms with Crippen molar-refractivity contribution in [3.8, 4) is 0 Å². The van der Waals surface area contributed by atoms with Crippen molar-refractivity contribution in [2.45, 2.75) is 6.92 Å². The minimum Gasteiger partial charge on any atom is -0.452 e. The number of amides is 1. The second-order valence-corrected chi connectivity index (χ2v) is 6.88. The first-order valence-corrected chi connectivity index (χ1v) is 9.24. The van der Waals surface area contributed by atoms with Gasteiger partial charge < -0.3 is 10.1 Å². The molecule has 0 bridgehead atoms. The van der Waals surface area contributed by atoms with Crippen molar-refractivity contribution >= 4 is 34.7 Å². The van der Waals surface area contributed by atoms with E-state index in [0.29, 0.717) is 16.1 Å². The third-order valence-corrected chi connectivity index (χ3v) is 4.81. The van der Waals surface area contributed by atoms with Gasteiger partial charge in [-0.25, -0.2) is 9.18 Å². The SMILES string of the molecule is Cc1ccc(F)cc1NC(=O)COC(=O)c1ccccc1C(=O)c1cccs1. The van der Waals surface area contributed by atoms with E-state index < -0.39 is 24.3 Å². The standard InChI is InChI=1S/C21H16FNO4S/c1-13-8-9-14(22)11-17(13)23-19(24)12-27-21(26)16-6-3-2-5-15(16)20(25)18-7-4-10-28-18/h2-11H,12H2,1H3,(H,23,24). The monoisotopic (exact) mass is 397 g/mol. The Morgan fingerprint density at radius 3 is 2.50 bits per heavy atom. The molecule has 28 heavy (non-hydrogen) atoms. The van der Waals surface area contributed by atoms with Gasteiger partial charge in [0.15, 0.2) is 6.61 Å². The molecule has 1 amide bonds. The maximum atomic E-state index is 13.3. The number of hydrogen-bond donors (Lipinski definition) is 1. The third kappa shape index (κ3) is 4.50. The molecule has 0 radical (unpaired) electrons. The highest BCUT2D eigenvalue weighted by Crippen LogP contribution is 2.19. The average molecular weight is 397 g/mol. The smallest absolute Gasteiger partial charge is 0.339 e. The summed E-state index contributed by atoms with van der Waals surface area (Å²) in [6.07, 6.45) is 0. The van der Waals surface area contributed by atoms with Crippen LogP contribution in [0.1, 0.15) is 31.2 Å². The van der Waals surface area contributed by atoms with Gasteiger partial charge in [0.05, 0.1) is 10.4 Å². The number of carbonyl (C=O) groups excluding carboxylic acids is 3. The highest BCUT2D eigenvalue weighted by molar-refractivity contribution is 7.12. The number of ether oxygens (including phenoxy) is 1. The van der Waals surface area contributed by atoms with Crippen LogP contribution in [0.5, 0.6) is 0 Å². The number of ketones is 1. The van der Waals surface area contributed by atoms with E-state index >= 15 is 0 Å². The maximum absolute atomic E-state index is 13.3. The summed E-state index contributed by atoms with van der Waals surface area (Å²) >= 11 is 1.27. The Morgan fingerprint density at radius 1 is 1.04 bits per heavy atom. The summed E-state index contributed by atoms with van der Waals surface area (Å²) in [6.45, 7) is 1.16. The highest BCUT2D eigenvalue weighted by atomic mass is 32.1. The number of aryl methyl sites for hydroxylation is 1. The van der Waals surface area contributed by atoms with E-state index in [9.17, 15) is 18.8 Å². The fraction of sp³-hybridized carbons (Fsp3) is 0.0952. The molecule has 1 heterocycles. The molecule has 0 fully saturated rings. The van der Waals surface area contributed by atoms with Gasteiger partial charge in [-0.15, -0.1) is 11.3 Å². The minimum atomic E-state index is -0.786. The van der Waals surface area contributed by atoms with Crippen LogP contribution < -0.4 is 5.32 Å². The average Bonchev–Trinajstić information content (AvgIpc) is 3.23. The summed E-state index contributed by atoms with van der Waals surface area (Å²) in [7, 11) is 0. The summed E-state index contributed by atoms with van der Waals surface area (Å²) in [6, 6.07) is 13.7. The van der Waals surface area contributed by atoms with Crippen LogP contribution in [0.3, 0.4) is 0 Å². The van der Waals surface area contributed by atoms with E-state index in [2.05, 4.69) is 5.32 Å². The zero-order chi connectivity index (χ0) is 20.1. The van der Waals surface area contributed by atoms with Crippen molar-refractivity contribution in [2.75, 3.05) is 11.9 Å². The summed E-state index contributed by atoms with van der Waals surface area (Å²) in [5.41, 5.74) is 1.26. The number of carbonyl (C=O) groups is 3. The van der Waals surface area contributed by atoms with E-state index in [0.717, 1.165) is 0 Å². The van der Waals surface area contributed by atoms with Crippen LogP contribution in [0.2, 0.25) is 0 Å². The quantitative estimate of drug-likeness (QED) is 0.499. The van der Waals surface area contributed by atoms with Crippen molar-refractivity contribution in [2.24, 2.45) is 0 Å². The lowest BCUT2D eigenvalue weighted by Gasteiger charge is -2.10. The largest absolute Gasteiger partial charge is 0.452 e. The Bertz CT molecular complexity index is 1030. The lowest BCUT2D eigenvalue weighted by molar-refractivity contribution is -0.119. The normalized spacial score (nSPS) is 10.4. The predicted octanol–water partition coefficient (Wildman–Crippen LogP) is 4.22. The van der Waals surface area contributed by atoms with E-state index in [4.69, 9.17) is 4.74 Å². The molecule has 2 aromatic carbocycles. The molecule has 0 aliphatic heterocycles. The zero-order valence-corrected chi connectivity index (χ0v) is 15.7. The Hall–Kier alpha value is -3.32. The Labute approximate surface area is 164 Å². The molecule has 3 aromatic rings. The second kappa shape index (κ2) is 8.58.